The fourth-order valence-electron chi connectivity index (χ4n) is 2.51. The minimum absolute atomic E-state index is 0.256. The van der Waals surface area contributed by atoms with Gasteiger partial charge in [0.15, 0.2) is 0 Å². The van der Waals surface area contributed by atoms with Crippen molar-refractivity contribution in [2.45, 2.75) is 39.5 Å². The first-order chi connectivity index (χ1) is 12.1. The summed E-state index contributed by atoms with van der Waals surface area (Å²) in [5.74, 6) is -0.844. The molecule has 0 aliphatic rings. The van der Waals surface area contributed by atoms with Crippen LogP contribution < -0.4 is 0 Å². The lowest BCUT2D eigenvalue weighted by atomic mass is 10.00. The Bertz CT molecular complexity index is 687. The van der Waals surface area contributed by atoms with Crippen LogP contribution in [0.15, 0.2) is 48.5 Å². The molecule has 0 fully saturated rings. The standard InChI is InChI=1S/C21H24O4/c1-3-4-17-5-10-19(11-6-17)20-12-7-18(8-13-20)9-14-21(23)25-15-24-16(2)22/h5-8,10-13H,3-4,9,14-15H2,1-2H3. The van der Waals surface area contributed by atoms with Crippen molar-refractivity contribution in [3.63, 3.8) is 0 Å². The third-order valence-corrected chi connectivity index (χ3v) is 3.88. The van der Waals surface area contributed by atoms with Gasteiger partial charge in [-0.05, 0) is 35.1 Å². The predicted octanol–water partition coefficient (Wildman–Crippen LogP) is 4.30. The average Bonchev–Trinajstić information content (AvgIpc) is 2.61. The molecule has 0 saturated carbocycles. The molecule has 0 unspecified atom stereocenters. The van der Waals surface area contributed by atoms with Crippen LogP contribution in [-0.2, 0) is 31.9 Å². The fourth-order valence-corrected chi connectivity index (χ4v) is 2.51. The lowest BCUT2D eigenvalue weighted by molar-refractivity contribution is -0.165. The summed E-state index contributed by atoms with van der Waals surface area (Å²) in [5.41, 5.74) is 4.77. The van der Waals surface area contributed by atoms with Crippen LogP contribution in [0.2, 0.25) is 0 Å². The highest BCUT2D eigenvalue weighted by Gasteiger charge is 2.05. The second kappa shape index (κ2) is 9.62. The highest BCUT2D eigenvalue weighted by molar-refractivity contribution is 5.70. The van der Waals surface area contributed by atoms with Gasteiger partial charge in [-0.1, -0.05) is 61.9 Å². The van der Waals surface area contributed by atoms with Crippen LogP contribution in [0.25, 0.3) is 11.1 Å². The lowest BCUT2D eigenvalue weighted by Gasteiger charge is -2.07. The van der Waals surface area contributed by atoms with Crippen molar-refractivity contribution >= 4 is 11.9 Å². The molecule has 132 valence electrons. The van der Waals surface area contributed by atoms with E-state index in [1.165, 1.54) is 18.1 Å². The molecule has 0 saturated heterocycles. The normalized spacial score (nSPS) is 10.3. The van der Waals surface area contributed by atoms with Crippen molar-refractivity contribution in [1.29, 1.82) is 0 Å². The zero-order valence-electron chi connectivity index (χ0n) is 14.8. The van der Waals surface area contributed by atoms with E-state index >= 15 is 0 Å². The molecule has 25 heavy (non-hydrogen) atoms. The Morgan fingerprint density at radius 3 is 1.80 bits per heavy atom. The molecule has 0 amide bonds. The molecule has 2 rings (SSSR count). The van der Waals surface area contributed by atoms with Crippen LogP contribution in [0.5, 0.6) is 0 Å². The van der Waals surface area contributed by atoms with E-state index in [2.05, 4.69) is 48.1 Å². The minimum Gasteiger partial charge on any atom is -0.428 e. The van der Waals surface area contributed by atoms with Gasteiger partial charge in [0.05, 0.1) is 0 Å². The van der Waals surface area contributed by atoms with Crippen molar-refractivity contribution in [2.24, 2.45) is 0 Å². The SMILES string of the molecule is CCCc1ccc(-c2ccc(CCC(=O)OCOC(C)=O)cc2)cc1. The van der Waals surface area contributed by atoms with E-state index in [1.807, 2.05) is 12.1 Å². The van der Waals surface area contributed by atoms with Gasteiger partial charge in [-0.3, -0.25) is 9.59 Å². The van der Waals surface area contributed by atoms with Crippen LogP contribution in [0, 0.1) is 0 Å². The Labute approximate surface area is 148 Å². The van der Waals surface area contributed by atoms with E-state index in [-0.39, 0.29) is 19.2 Å². The summed E-state index contributed by atoms with van der Waals surface area (Å²) < 4.78 is 9.39. The van der Waals surface area contributed by atoms with E-state index in [0.29, 0.717) is 6.42 Å². The topological polar surface area (TPSA) is 52.6 Å². The van der Waals surface area contributed by atoms with Gasteiger partial charge in [0.1, 0.15) is 0 Å². The third kappa shape index (κ3) is 6.42. The van der Waals surface area contributed by atoms with Gasteiger partial charge < -0.3 is 9.47 Å². The van der Waals surface area contributed by atoms with E-state index in [4.69, 9.17) is 4.74 Å². The number of esters is 2. The Balaban J connectivity index is 1.85. The summed E-state index contributed by atoms with van der Waals surface area (Å²) in [6, 6.07) is 16.8. The summed E-state index contributed by atoms with van der Waals surface area (Å²) in [4.78, 5) is 22.1. The van der Waals surface area contributed by atoms with Gasteiger partial charge in [-0.2, -0.15) is 0 Å². The maximum Gasteiger partial charge on any atom is 0.308 e. The molecule has 0 radical (unpaired) electrons. The van der Waals surface area contributed by atoms with Crippen LogP contribution >= 0.6 is 0 Å². The molecule has 0 aliphatic heterocycles. The van der Waals surface area contributed by atoms with Crippen LogP contribution in [-0.4, -0.2) is 18.7 Å². The first-order valence-electron chi connectivity index (χ1n) is 8.55. The molecule has 0 spiro atoms. The van der Waals surface area contributed by atoms with E-state index in [0.717, 1.165) is 24.0 Å². The number of carbonyl (C=O) groups is 2. The summed E-state index contributed by atoms with van der Waals surface area (Å²) in [7, 11) is 0. The molecular weight excluding hydrogens is 316 g/mol. The highest BCUT2D eigenvalue weighted by atomic mass is 16.7. The van der Waals surface area contributed by atoms with Gasteiger partial charge in [0, 0.05) is 13.3 Å². The third-order valence-electron chi connectivity index (χ3n) is 3.88. The zero-order valence-corrected chi connectivity index (χ0v) is 14.8. The fraction of sp³-hybridized carbons (Fsp3) is 0.333. The Morgan fingerprint density at radius 2 is 1.32 bits per heavy atom. The lowest BCUT2D eigenvalue weighted by Crippen LogP contribution is -2.11. The van der Waals surface area contributed by atoms with E-state index in [9.17, 15) is 9.59 Å². The van der Waals surface area contributed by atoms with Crippen molar-refractivity contribution in [2.75, 3.05) is 6.79 Å². The molecule has 2 aromatic rings. The number of benzene rings is 2. The van der Waals surface area contributed by atoms with Crippen LogP contribution in [0.4, 0.5) is 0 Å². The van der Waals surface area contributed by atoms with E-state index in [1.54, 1.807) is 0 Å². The van der Waals surface area contributed by atoms with Gasteiger partial charge in [-0.15, -0.1) is 0 Å². The maximum absolute atomic E-state index is 11.6. The largest absolute Gasteiger partial charge is 0.428 e. The minimum atomic E-state index is -0.467. The van der Waals surface area contributed by atoms with Crippen molar-refractivity contribution < 1.29 is 19.1 Å². The first-order valence-corrected chi connectivity index (χ1v) is 8.55. The summed E-state index contributed by atoms with van der Waals surface area (Å²) >= 11 is 0. The molecule has 4 heteroatoms. The van der Waals surface area contributed by atoms with E-state index < -0.39 is 5.97 Å². The number of ether oxygens (including phenoxy) is 2. The second-order valence-electron chi connectivity index (χ2n) is 5.91. The molecule has 0 aliphatic carbocycles. The van der Waals surface area contributed by atoms with Crippen LogP contribution in [0.1, 0.15) is 37.8 Å². The van der Waals surface area contributed by atoms with Gasteiger partial charge in [0.25, 0.3) is 0 Å². The van der Waals surface area contributed by atoms with Crippen molar-refractivity contribution in [1.82, 2.24) is 0 Å². The molecular formula is C21H24O4. The van der Waals surface area contributed by atoms with Gasteiger partial charge >= 0.3 is 11.9 Å². The second-order valence-corrected chi connectivity index (χ2v) is 5.91. The number of aryl methyl sites for hydroxylation is 2. The molecule has 0 heterocycles. The maximum atomic E-state index is 11.6. The summed E-state index contributed by atoms with van der Waals surface area (Å²) in [5, 5.41) is 0. The van der Waals surface area contributed by atoms with Gasteiger partial charge in [0.2, 0.25) is 6.79 Å². The molecule has 0 aromatic heterocycles. The van der Waals surface area contributed by atoms with Crippen LogP contribution in [0.3, 0.4) is 0 Å². The highest BCUT2D eigenvalue weighted by Crippen LogP contribution is 2.21. The summed E-state index contributed by atoms with van der Waals surface area (Å²) in [6.45, 7) is 3.13. The Kier molecular flexibility index (Phi) is 7.20. The zero-order chi connectivity index (χ0) is 18.1. The first kappa shape index (κ1) is 18.7. The van der Waals surface area contributed by atoms with Gasteiger partial charge in [-0.25, -0.2) is 0 Å². The quantitative estimate of drug-likeness (QED) is 0.531. The Morgan fingerprint density at radius 1 is 0.800 bits per heavy atom. The molecule has 4 nitrogen and oxygen atoms in total. The molecule has 2 aromatic carbocycles. The number of hydrogen-bond acceptors (Lipinski definition) is 4. The monoisotopic (exact) mass is 340 g/mol. The number of hydrogen-bond donors (Lipinski definition) is 0. The number of rotatable bonds is 8. The number of carbonyl (C=O) groups excluding carboxylic acids is 2. The molecule has 0 N–H and O–H groups in total. The summed E-state index contributed by atoms with van der Waals surface area (Å²) in [6.07, 6.45) is 3.10. The van der Waals surface area contributed by atoms with Crippen molar-refractivity contribution in [3.8, 4) is 11.1 Å². The molecule has 0 atom stereocenters. The predicted molar refractivity (Wildman–Crippen MR) is 96.9 cm³/mol. The smallest absolute Gasteiger partial charge is 0.308 e. The average molecular weight is 340 g/mol. The molecule has 0 bridgehead atoms. The van der Waals surface area contributed by atoms with Crippen molar-refractivity contribution in [3.05, 3.63) is 59.7 Å². The Hall–Kier alpha value is -2.62.